The zero-order valence-electron chi connectivity index (χ0n) is 9.91. The van der Waals surface area contributed by atoms with E-state index in [4.69, 9.17) is 0 Å². The van der Waals surface area contributed by atoms with E-state index in [0.717, 1.165) is 0 Å². The summed E-state index contributed by atoms with van der Waals surface area (Å²) in [5.74, 6) is 0. The fraction of sp³-hybridized carbons (Fsp3) is 0.500. The summed E-state index contributed by atoms with van der Waals surface area (Å²) >= 11 is 0. The minimum absolute atomic E-state index is 0.147. The van der Waals surface area contributed by atoms with Gasteiger partial charge in [-0.2, -0.15) is 0 Å². The van der Waals surface area contributed by atoms with E-state index in [1.165, 1.54) is 4.31 Å². The zero-order chi connectivity index (χ0) is 12.8. The Hall–Kier alpha value is -1.11. The fourth-order valence-electron chi connectivity index (χ4n) is 2.84. The monoisotopic (exact) mass is 268 g/mol. The van der Waals surface area contributed by atoms with Gasteiger partial charge in [0.25, 0.3) is 0 Å². The first-order valence-electron chi connectivity index (χ1n) is 6.04. The van der Waals surface area contributed by atoms with E-state index in [1.807, 2.05) is 6.07 Å². The van der Waals surface area contributed by atoms with E-state index < -0.39 is 20.9 Å². The van der Waals surface area contributed by atoms with Crippen molar-refractivity contribution in [2.75, 3.05) is 23.9 Å². The second kappa shape index (κ2) is 3.94. The first-order valence-corrected chi connectivity index (χ1v) is 7.48. The SMILES string of the molecule is O=S1(=O)N(c2ccccc2)C[C@H](O)[C@]12CCNC2. The van der Waals surface area contributed by atoms with E-state index in [-0.39, 0.29) is 6.54 Å². The fourth-order valence-corrected chi connectivity index (χ4v) is 5.08. The van der Waals surface area contributed by atoms with E-state index in [0.29, 0.717) is 25.2 Å². The Morgan fingerprint density at radius 2 is 2.06 bits per heavy atom. The Kier molecular flexibility index (Phi) is 2.62. The van der Waals surface area contributed by atoms with Crippen LogP contribution in [0.15, 0.2) is 30.3 Å². The highest BCUT2D eigenvalue weighted by atomic mass is 32.2. The van der Waals surface area contributed by atoms with Gasteiger partial charge < -0.3 is 10.4 Å². The van der Waals surface area contributed by atoms with Crippen LogP contribution in [0.2, 0.25) is 0 Å². The molecule has 2 saturated heterocycles. The van der Waals surface area contributed by atoms with E-state index in [1.54, 1.807) is 24.3 Å². The molecule has 3 rings (SSSR count). The smallest absolute Gasteiger partial charge is 0.244 e. The average molecular weight is 268 g/mol. The lowest BCUT2D eigenvalue weighted by molar-refractivity contribution is 0.151. The zero-order valence-corrected chi connectivity index (χ0v) is 10.7. The van der Waals surface area contributed by atoms with Gasteiger partial charge in [-0.05, 0) is 25.1 Å². The third kappa shape index (κ3) is 1.43. The van der Waals surface area contributed by atoms with Crippen LogP contribution in [0.4, 0.5) is 5.69 Å². The molecule has 2 atom stereocenters. The summed E-state index contributed by atoms with van der Waals surface area (Å²) in [6.07, 6.45) is -0.363. The van der Waals surface area contributed by atoms with Gasteiger partial charge in [0.15, 0.2) is 0 Å². The summed E-state index contributed by atoms with van der Waals surface area (Å²) in [5, 5.41) is 13.2. The molecule has 0 aromatic heterocycles. The molecule has 0 radical (unpaired) electrons. The number of nitrogens with one attached hydrogen (secondary N) is 1. The molecule has 18 heavy (non-hydrogen) atoms. The number of aliphatic hydroxyl groups is 1. The van der Waals surface area contributed by atoms with Crippen LogP contribution in [0.1, 0.15) is 6.42 Å². The molecule has 2 heterocycles. The molecule has 2 aliphatic rings. The minimum atomic E-state index is -3.51. The standard InChI is InChI=1S/C12H16N2O3S/c15-11-8-14(10-4-2-1-3-5-10)18(16,17)12(11)6-7-13-9-12/h1-5,11,13,15H,6-9H2/t11-,12+/m0/s1. The molecule has 1 aromatic rings. The van der Waals surface area contributed by atoms with Gasteiger partial charge in [0.1, 0.15) is 4.75 Å². The summed E-state index contributed by atoms with van der Waals surface area (Å²) in [6.45, 7) is 1.12. The summed E-state index contributed by atoms with van der Waals surface area (Å²) < 4.78 is 25.6. The molecule has 2 fully saturated rings. The number of nitrogens with zero attached hydrogens (tertiary/aromatic N) is 1. The van der Waals surface area contributed by atoms with Gasteiger partial charge in [0.2, 0.25) is 10.0 Å². The van der Waals surface area contributed by atoms with Crippen molar-refractivity contribution in [1.82, 2.24) is 5.32 Å². The largest absolute Gasteiger partial charge is 0.389 e. The van der Waals surface area contributed by atoms with Gasteiger partial charge in [-0.25, -0.2) is 8.42 Å². The van der Waals surface area contributed by atoms with Crippen LogP contribution in [0.5, 0.6) is 0 Å². The molecule has 1 spiro atoms. The normalized spacial score (nSPS) is 34.3. The summed E-state index contributed by atoms with van der Waals surface area (Å²) in [6, 6.07) is 8.96. The lowest BCUT2D eigenvalue weighted by atomic mass is 10.0. The van der Waals surface area contributed by atoms with Gasteiger partial charge >= 0.3 is 0 Å². The van der Waals surface area contributed by atoms with Crippen molar-refractivity contribution in [3.05, 3.63) is 30.3 Å². The van der Waals surface area contributed by atoms with Crippen molar-refractivity contribution in [2.45, 2.75) is 17.3 Å². The second-order valence-electron chi connectivity index (χ2n) is 4.88. The van der Waals surface area contributed by atoms with Gasteiger partial charge in [0, 0.05) is 6.54 Å². The van der Waals surface area contributed by atoms with Crippen molar-refractivity contribution in [3.8, 4) is 0 Å². The van der Waals surface area contributed by atoms with Crippen LogP contribution < -0.4 is 9.62 Å². The summed E-state index contributed by atoms with van der Waals surface area (Å²) in [4.78, 5) is 0. The molecule has 1 aromatic carbocycles. The molecule has 6 heteroatoms. The molecule has 0 bridgehead atoms. The Morgan fingerprint density at radius 3 is 2.67 bits per heavy atom. The molecule has 98 valence electrons. The lowest BCUT2D eigenvalue weighted by Gasteiger charge is -2.25. The number of β-amino-alcohol motifs (C(OH)–C–C–N with tert-alkyl or cyclic N) is 1. The Balaban J connectivity index is 2.06. The maximum Gasteiger partial charge on any atom is 0.244 e. The second-order valence-corrected chi connectivity index (χ2v) is 7.08. The molecular weight excluding hydrogens is 252 g/mol. The molecule has 5 nitrogen and oxygen atoms in total. The first kappa shape index (κ1) is 12.0. The third-order valence-corrected chi connectivity index (χ3v) is 6.53. The Bertz CT molecular complexity index is 538. The predicted octanol–water partition coefficient (Wildman–Crippen LogP) is -0.0706. The van der Waals surface area contributed by atoms with Crippen LogP contribution in [-0.4, -0.2) is 44.0 Å². The summed E-state index contributed by atoms with van der Waals surface area (Å²) in [5.41, 5.74) is 0.625. The first-order chi connectivity index (χ1) is 8.58. The van der Waals surface area contributed by atoms with Crippen LogP contribution >= 0.6 is 0 Å². The van der Waals surface area contributed by atoms with Crippen molar-refractivity contribution in [1.29, 1.82) is 0 Å². The maximum atomic E-state index is 12.7. The molecule has 2 aliphatic heterocycles. The average Bonchev–Trinajstić information content (AvgIpc) is 2.93. The number of anilines is 1. The molecule has 0 saturated carbocycles. The molecule has 0 unspecified atom stereocenters. The van der Waals surface area contributed by atoms with E-state index in [9.17, 15) is 13.5 Å². The number of sulfonamides is 1. The Labute approximate surface area is 106 Å². The van der Waals surface area contributed by atoms with Crippen molar-refractivity contribution in [3.63, 3.8) is 0 Å². The van der Waals surface area contributed by atoms with Gasteiger partial charge in [-0.3, -0.25) is 4.31 Å². The summed E-state index contributed by atoms with van der Waals surface area (Å²) in [7, 11) is -3.51. The van der Waals surface area contributed by atoms with Crippen molar-refractivity contribution < 1.29 is 13.5 Å². The predicted molar refractivity (Wildman–Crippen MR) is 68.9 cm³/mol. The van der Waals surface area contributed by atoms with Gasteiger partial charge in [-0.15, -0.1) is 0 Å². The number of para-hydroxylation sites is 1. The van der Waals surface area contributed by atoms with Gasteiger partial charge in [-0.1, -0.05) is 18.2 Å². The molecule has 0 amide bonds. The van der Waals surface area contributed by atoms with E-state index >= 15 is 0 Å². The number of hydrogen-bond acceptors (Lipinski definition) is 4. The van der Waals surface area contributed by atoms with Crippen molar-refractivity contribution >= 4 is 15.7 Å². The third-order valence-electron chi connectivity index (χ3n) is 3.94. The topological polar surface area (TPSA) is 69.6 Å². The molecule has 2 N–H and O–H groups in total. The quantitative estimate of drug-likeness (QED) is 0.748. The van der Waals surface area contributed by atoms with Crippen LogP contribution in [-0.2, 0) is 10.0 Å². The highest BCUT2D eigenvalue weighted by Crippen LogP contribution is 2.40. The van der Waals surface area contributed by atoms with Crippen molar-refractivity contribution in [2.24, 2.45) is 0 Å². The maximum absolute atomic E-state index is 12.7. The van der Waals surface area contributed by atoms with Crippen LogP contribution in [0.3, 0.4) is 0 Å². The lowest BCUT2D eigenvalue weighted by Crippen LogP contribution is -2.47. The number of hydrogen-bond donors (Lipinski definition) is 2. The molecular formula is C12H16N2O3S. The van der Waals surface area contributed by atoms with Crippen LogP contribution in [0, 0.1) is 0 Å². The van der Waals surface area contributed by atoms with Crippen LogP contribution in [0.25, 0.3) is 0 Å². The number of aliphatic hydroxyl groups excluding tert-OH is 1. The number of rotatable bonds is 1. The van der Waals surface area contributed by atoms with Gasteiger partial charge in [0.05, 0.1) is 18.3 Å². The minimum Gasteiger partial charge on any atom is -0.389 e. The highest BCUT2D eigenvalue weighted by Gasteiger charge is 2.60. The molecule has 0 aliphatic carbocycles. The van der Waals surface area contributed by atoms with E-state index in [2.05, 4.69) is 5.32 Å². The Morgan fingerprint density at radius 1 is 1.33 bits per heavy atom. The highest BCUT2D eigenvalue weighted by molar-refractivity contribution is 7.94. The number of benzene rings is 1.